The fraction of sp³-hybridized carbons (Fsp3) is 0.722. The predicted octanol–water partition coefficient (Wildman–Crippen LogP) is 2.63. The molecule has 2 saturated heterocycles. The molecule has 1 aromatic heterocycles. The van der Waals surface area contributed by atoms with Gasteiger partial charge in [0, 0.05) is 51.8 Å². The minimum absolute atomic E-state index is 0.109. The van der Waals surface area contributed by atoms with Crippen molar-refractivity contribution >= 4 is 11.7 Å². The zero-order chi connectivity index (χ0) is 19.4. The van der Waals surface area contributed by atoms with Crippen LogP contribution in [0.1, 0.15) is 38.3 Å². The summed E-state index contributed by atoms with van der Waals surface area (Å²) in [7, 11) is 0. The lowest BCUT2D eigenvalue weighted by Gasteiger charge is -2.38. The molecule has 0 aliphatic carbocycles. The zero-order valence-electron chi connectivity index (χ0n) is 15.5. The van der Waals surface area contributed by atoms with Gasteiger partial charge < -0.3 is 15.1 Å². The summed E-state index contributed by atoms with van der Waals surface area (Å²) in [5.74, 6) is 0.870. The van der Waals surface area contributed by atoms with Crippen molar-refractivity contribution in [1.82, 2.24) is 19.8 Å². The summed E-state index contributed by atoms with van der Waals surface area (Å²) >= 11 is 0. The van der Waals surface area contributed by atoms with Crippen LogP contribution < -0.4 is 5.32 Å². The van der Waals surface area contributed by atoms with Crippen molar-refractivity contribution in [1.29, 1.82) is 0 Å². The third-order valence-electron chi connectivity index (χ3n) is 5.38. The number of nitrogens with one attached hydrogen (secondary N) is 1. The number of likely N-dealkylation sites (tertiary alicyclic amines) is 2. The molecule has 3 rings (SSSR count). The first-order chi connectivity index (χ1) is 12.8. The van der Waals surface area contributed by atoms with Gasteiger partial charge in [-0.15, -0.1) is 0 Å². The number of hydrogen-bond donors (Lipinski definition) is 1. The molecule has 3 heterocycles. The number of nitrogens with zero attached hydrogens (tertiary/aromatic N) is 4. The summed E-state index contributed by atoms with van der Waals surface area (Å²) in [5, 5.41) is 3.11. The Bertz CT molecular complexity index is 646. The topological polar surface area (TPSA) is 61.4 Å². The summed E-state index contributed by atoms with van der Waals surface area (Å²) < 4.78 is 38.2. The number of amides is 1. The maximum Gasteiger partial charge on any atom is 0.433 e. The number of piperidine rings is 2. The van der Waals surface area contributed by atoms with Gasteiger partial charge in [0.25, 0.3) is 0 Å². The van der Waals surface area contributed by atoms with Gasteiger partial charge in [0.1, 0.15) is 17.8 Å². The fourth-order valence-corrected chi connectivity index (χ4v) is 3.93. The van der Waals surface area contributed by atoms with Crippen LogP contribution in [-0.2, 0) is 11.0 Å². The van der Waals surface area contributed by atoms with Crippen molar-refractivity contribution in [3.8, 4) is 0 Å². The molecule has 0 spiro atoms. The number of alkyl halides is 3. The molecule has 0 bridgehead atoms. The first-order valence-electron chi connectivity index (χ1n) is 9.45. The molecule has 2 aliphatic heterocycles. The quantitative estimate of drug-likeness (QED) is 0.863. The normalized spacial score (nSPS) is 22.7. The molecule has 6 nitrogen and oxygen atoms in total. The van der Waals surface area contributed by atoms with Gasteiger partial charge in [-0.3, -0.25) is 4.79 Å². The maximum absolute atomic E-state index is 12.7. The Kier molecular flexibility index (Phi) is 6.18. The fourth-order valence-electron chi connectivity index (χ4n) is 3.93. The lowest BCUT2D eigenvalue weighted by molar-refractivity contribution is -0.141. The average molecular weight is 385 g/mol. The molecule has 1 N–H and O–H groups in total. The minimum atomic E-state index is -4.46. The van der Waals surface area contributed by atoms with Crippen molar-refractivity contribution in [2.24, 2.45) is 5.92 Å². The van der Waals surface area contributed by atoms with Crippen molar-refractivity contribution < 1.29 is 18.0 Å². The molecule has 1 atom stereocenters. The monoisotopic (exact) mass is 385 g/mol. The molecule has 1 aromatic rings. The van der Waals surface area contributed by atoms with E-state index in [4.69, 9.17) is 0 Å². The van der Waals surface area contributed by atoms with Crippen LogP contribution in [0.3, 0.4) is 0 Å². The molecule has 2 fully saturated rings. The van der Waals surface area contributed by atoms with Crippen LogP contribution in [0.15, 0.2) is 12.4 Å². The zero-order valence-corrected chi connectivity index (χ0v) is 15.5. The standard InChI is InChI=1S/C18H26F3N5O/c1-13(27)26-6-2-3-14(11-26)10-25-7-4-15(5-8-25)24-17-9-16(18(19,20)21)22-12-23-17/h9,12,14-15H,2-8,10-11H2,1H3,(H,22,23,24). The van der Waals surface area contributed by atoms with E-state index in [1.807, 2.05) is 4.90 Å². The Labute approximate surface area is 157 Å². The summed E-state index contributed by atoms with van der Waals surface area (Å²) in [4.78, 5) is 23.1. The molecule has 0 radical (unpaired) electrons. The van der Waals surface area contributed by atoms with Gasteiger partial charge in [-0.25, -0.2) is 9.97 Å². The van der Waals surface area contributed by atoms with Gasteiger partial charge in [0.05, 0.1) is 0 Å². The highest BCUT2D eigenvalue weighted by Crippen LogP contribution is 2.28. The van der Waals surface area contributed by atoms with E-state index in [9.17, 15) is 18.0 Å². The molecular formula is C18H26F3N5O. The van der Waals surface area contributed by atoms with Crippen molar-refractivity contribution in [3.63, 3.8) is 0 Å². The van der Waals surface area contributed by atoms with E-state index in [-0.39, 0.29) is 17.8 Å². The number of halogens is 3. The minimum Gasteiger partial charge on any atom is -0.367 e. The van der Waals surface area contributed by atoms with Crippen molar-refractivity contribution in [2.45, 2.75) is 44.8 Å². The highest BCUT2D eigenvalue weighted by Gasteiger charge is 2.33. The van der Waals surface area contributed by atoms with E-state index in [1.165, 1.54) is 0 Å². The maximum atomic E-state index is 12.7. The first kappa shape index (κ1) is 19.9. The predicted molar refractivity (Wildman–Crippen MR) is 95.1 cm³/mol. The second-order valence-corrected chi connectivity index (χ2v) is 7.48. The number of aromatic nitrogens is 2. The Morgan fingerprint density at radius 1 is 1.22 bits per heavy atom. The second kappa shape index (κ2) is 8.41. The van der Waals surface area contributed by atoms with Crippen LogP contribution in [0.4, 0.5) is 19.0 Å². The average Bonchev–Trinajstić information content (AvgIpc) is 2.63. The van der Waals surface area contributed by atoms with E-state index in [2.05, 4.69) is 20.2 Å². The summed E-state index contributed by atoms with van der Waals surface area (Å²) in [6.07, 6.45) is 0.393. The van der Waals surface area contributed by atoms with Crippen LogP contribution >= 0.6 is 0 Å². The van der Waals surface area contributed by atoms with Gasteiger partial charge in [0.15, 0.2) is 0 Å². The third kappa shape index (κ3) is 5.54. The Morgan fingerprint density at radius 3 is 2.63 bits per heavy atom. The van der Waals surface area contributed by atoms with Crippen molar-refractivity contribution in [3.05, 3.63) is 18.1 Å². The molecule has 0 saturated carbocycles. The highest BCUT2D eigenvalue weighted by molar-refractivity contribution is 5.73. The Hall–Kier alpha value is -1.90. The Balaban J connectivity index is 1.46. The number of rotatable bonds is 4. The molecule has 0 aromatic carbocycles. The lowest BCUT2D eigenvalue weighted by Crippen LogP contribution is -2.46. The molecule has 1 amide bonds. The molecule has 27 heavy (non-hydrogen) atoms. The second-order valence-electron chi connectivity index (χ2n) is 7.48. The van der Waals surface area contributed by atoms with Crippen LogP contribution in [0.5, 0.6) is 0 Å². The molecule has 9 heteroatoms. The van der Waals surface area contributed by atoms with Gasteiger partial charge in [0.2, 0.25) is 5.91 Å². The number of hydrogen-bond acceptors (Lipinski definition) is 5. The highest BCUT2D eigenvalue weighted by atomic mass is 19.4. The Morgan fingerprint density at radius 2 is 1.96 bits per heavy atom. The first-order valence-corrected chi connectivity index (χ1v) is 9.45. The number of anilines is 1. The van der Waals surface area contributed by atoms with Crippen LogP contribution in [0.2, 0.25) is 0 Å². The van der Waals surface area contributed by atoms with Gasteiger partial charge in [-0.2, -0.15) is 13.2 Å². The van der Waals surface area contributed by atoms with E-state index in [0.717, 1.165) is 70.8 Å². The van der Waals surface area contributed by atoms with E-state index < -0.39 is 11.9 Å². The van der Waals surface area contributed by atoms with Gasteiger partial charge >= 0.3 is 6.18 Å². The summed E-state index contributed by atoms with van der Waals surface area (Å²) in [6.45, 7) is 6.07. The van der Waals surface area contributed by atoms with Crippen LogP contribution in [-0.4, -0.2) is 64.4 Å². The number of carbonyl (C=O) groups is 1. The smallest absolute Gasteiger partial charge is 0.367 e. The van der Waals surface area contributed by atoms with E-state index in [0.29, 0.717) is 5.92 Å². The third-order valence-corrected chi connectivity index (χ3v) is 5.38. The molecular weight excluding hydrogens is 359 g/mol. The van der Waals surface area contributed by atoms with E-state index in [1.54, 1.807) is 6.92 Å². The number of carbonyl (C=O) groups excluding carboxylic acids is 1. The molecule has 150 valence electrons. The van der Waals surface area contributed by atoms with Crippen molar-refractivity contribution in [2.75, 3.05) is 38.0 Å². The summed E-state index contributed by atoms with van der Waals surface area (Å²) in [6, 6.07) is 1.07. The SMILES string of the molecule is CC(=O)N1CCCC(CN2CCC(Nc3cc(C(F)(F)F)ncn3)CC2)C1. The van der Waals surface area contributed by atoms with Gasteiger partial charge in [-0.1, -0.05) is 0 Å². The van der Waals surface area contributed by atoms with Crippen LogP contribution in [0.25, 0.3) is 0 Å². The van der Waals surface area contributed by atoms with E-state index >= 15 is 0 Å². The van der Waals surface area contributed by atoms with Gasteiger partial charge in [-0.05, 0) is 31.6 Å². The molecule has 1 unspecified atom stereocenters. The van der Waals surface area contributed by atoms with Crippen LogP contribution in [0, 0.1) is 5.92 Å². The largest absolute Gasteiger partial charge is 0.433 e. The summed E-state index contributed by atoms with van der Waals surface area (Å²) in [5.41, 5.74) is -0.926. The lowest BCUT2D eigenvalue weighted by atomic mass is 9.95. The molecule has 2 aliphatic rings.